The number of nitrogens with zero attached hydrogens (tertiary/aromatic N) is 1. The van der Waals surface area contributed by atoms with Gasteiger partial charge in [0.05, 0.1) is 5.70 Å². The molecule has 1 atom stereocenters. The second kappa shape index (κ2) is 5.14. The third kappa shape index (κ3) is 2.80. The van der Waals surface area contributed by atoms with Gasteiger partial charge in [0.15, 0.2) is 0 Å². The van der Waals surface area contributed by atoms with E-state index in [4.69, 9.17) is 11.6 Å². The molecule has 1 unspecified atom stereocenters. The SMILES string of the molecule is C=C(N)/C(=N\ON)C(O)c1ccccc1. The summed E-state index contributed by atoms with van der Waals surface area (Å²) in [5.74, 6) is 4.79. The lowest BCUT2D eigenvalue weighted by Crippen LogP contribution is -2.20. The highest BCUT2D eigenvalue weighted by Crippen LogP contribution is 2.16. The quantitative estimate of drug-likeness (QED) is 0.493. The van der Waals surface area contributed by atoms with Crippen LogP contribution in [0.3, 0.4) is 0 Å². The Morgan fingerprint density at radius 2 is 2.00 bits per heavy atom. The van der Waals surface area contributed by atoms with Crippen molar-refractivity contribution in [1.29, 1.82) is 0 Å². The van der Waals surface area contributed by atoms with Crippen LogP contribution in [0.25, 0.3) is 0 Å². The summed E-state index contributed by atoms with van der Waals surface area (Å²) < 4.78 is 0. The van der Waals surface area contributed by atoms with Gasteiger partial charge in [-0.3, -0.25) is 0 Å². The minimum Gasteiger partial charge on any atom is -0.398 e. The van der Waals surface area contributed by atoms with Gasteiger partial charge in [0, 0.05) is 0 Å². The molecule has 0 saturated heterocycles. The lowest BCUT2D eigenvalue weighted by Gasteiger charge is -2.12. The molecule has 1 aromatic rings. The molecule has 0 radical (unpaired) electrons. The fourth-order valence-electron chi connectivity index (χ4n) is 1.13. The molecular weight excluding hydrogens is 194 g/mol. The first-order valence-electron chi connectivity index (χ1n) is 4.28. The molecular formula is C10H13N3O2. The number of hydrogen-bond acceptors (Lipinski definition) is 5. The summed E-state index contributed by atoms with van der Waals surface area (Å²) in [5.41, 5.74) is 6.29. The molecule has 1 rings (SSSR count). The van der Waals surface area contributed by atoms with Crippen LogP contribution in [0, 0.1) is 0 Å². The van der Waals surface area contributed by atoms with Crippen LogP contribution in [-0.4, -0.2) is 10.8 Å². The third-order valence-corrected chi connectivity index (χ3v) is 1.85. The Morgan fingerprint density at radius 3 is 2.47 bits per heavy atom. The molecule has 0 spiro atoms. The van der Waals surface area contributed by atoms with Crippen molar-refractivity contribution in [3.8, 4) is 0 Å². The average Bonchev–Trinajstić information content (AvgIpc) is 2.26. The van der Waals surface area contributed by atoms with Crippen molar-refractivity contribution in [2.75, 3.05) is 0 Å². The van der Waals surface area contributed by atoms with Gasteiger partial charge in [0.2, 0.25) is 0 Å². The maximum Gasteiger partial charge on any atom is 0.137 e. The zero-order valence-corrected chi connectivity index (χ0v) is 8.13. The topological polar surface area (TPSA) is 93.9 Å². The highest BCUT2D eigenvalue weighted by Gasteiger charge is 2.17. The molecule has 0 aliphatic heterocycles. The Morgan fingerprint density at radius 1 is 1.40 bits per heavy atom. The van der Waals surface area contributed by atoms with Crippen LogP contribution < -0.4 is 11.6 Å². The van der Waals surface area contributed by atoms with Gasteiger partial charge in [-0.1, -0.05) is 42.1 Å². The summed E-state index contributed by atoms with van der Waals surface area (Å²) in [7, 11) is 0. The van der Waals surface area contributed by atoms with E-state index in [1.54, 1.807) is 24.3 Å². The first kappa shape index (κ1) is 11.2. The van der Waals surface area contributed by atoms with Crippen molar-refractivity contribution in [2.24, 2.45) is 16.8 Å². The highest BCUT2D eigenvalue weighted by molar-refractivity contribution is 6.02. The number of hydrogen-bond donors (Lipinski definition) is 3. The van der Waals surface area contributed by atoms with Crippen molar-refractivity contribution in [3.05, 3.63) is 48.2 Å². The van der Waals surface area contributed by atoms with E-state index in [1.807, 2.05) is 6.07 Å². The van der Waals surface area contributed by atoms with Gasteiger partial charge in [-0.2, -0.15) is 0 Å². The number of benzene rings is 1. The number of rotatable bonds is 4. The van der Waals surface area contributed by atoms with Crippen molar-refractivity contribution < 1.29 is 10.0 Å². The molecule has 0 amide bonds. The van der Waals surface area contributed by atoms with Gasteiger partial charge in [0.1, 0.15) is 11.8 Å². The maximum atomic E-state index is 9.87. The zero-order chi connectivity index (χ0) is 11.3. The van der Waals surface area contributed by atoms with Crippen LogP contribution in [0.2, 0.25) is 0 Å². The van der Waals surface area contributed by atoms with Gasteiger partial charge in [-0.25, -0.2) is 0 Å². The summed E-state index contributed by atoms with van der Waals surface area (Å²) in [6.45, 7) is 3.47. The van der Waals surface area contributed by atoms with Crippen LogP contribution in [0.4, 0.5) is 0 Å². The summed E-state index contributed by atoms with van der Waals surface area (Å²) in [4.78, 5) is 4.10. The van der Waals surface area contributed by atoms with Gasteiger partial charge in [-0.05, 0) is 5.56 Å². The summed E-state index contributed by atoms with van der Waals surface area (Å²) in [5, 5.41) is 13.3. The van der Waals surface area contributed by atoms with E-state index in [2.05, 4.69) is 16.7 Å². The van der Waals surface area contributed by atoms with E-state index in [-0.39, 0.29) is 11.4 Å². The number of oxime groups is 1. The Balaban J connectivity index is 2.96. The summed E-state index contributed by atoms with van der Waals surface area (Å²) in [6.07, 6.45) is -0.993. The number of nitrogens with two attached hydrogens (primary N) is 2. The molecule has 0 aromatic heterocycles. The van der Waals surface area contributed by atoms with Crippen LogP contribution in [-0.2, 0) is 4.94 Å². The molecule has 0 aliphatic rings. The van der Waals surface area contributed by atoms with Crippen LogP contribution >= 0.6 is 0 Å². The monoisotopic (exact) mass is 207 g/mol. The number of aliphatic hydroxyl groups is 1. The Hall–Kier alpha value is -1.85. The van der Waals surface area contributed by atoms with Crippen LogP contribution in [0.15, 0.2) is 47.8 Å². The molecule has 0 saturated carbocycles. The van der Waals surface area contributed by atoms with E-state index in [9.17, 15) is 5.11 Å². The predicted octanol–water partition coefficient (Wildman–Crippen LogP) is 0.439. The Bertz CT molecular complexity index is 362. The van der Waals surface area contributed by atoms with Gasteiger partial charge >= 0.3 is 0 Å². The van der Waals surface area contributed by atoms with Crippen molar-refractivity contribution >= 4 is 5.71 Å². The third-order valence-electron chi connectivity index (χ3n) is 1.85. The van der Waals surface area contributed by atoms with Gasteiger partial charge < -0.3 is 15.8 Å². The largest absolute Gasteiger partial charge is 0.398 e. The molecule has 15 heavy (non-hydrogen) atoms. The van der Waals surface area contributed by atoms with E-state index in [0.717, 1.165) is 0 Å². The highest BCUT2D eigenvalue weighted by atomic mass is 16.7. The Kier molecular flexibility index (Phi) is 3.84. The van der Waals surface area contributed by atoms with Crippen molar-refractivity contribution in [1.82, 2.24) is 0 Å². The second-order valence-electron chi connectivity index (χ2n) is 2.92. The molecule has 0 heterocycles. The molecule has 0 aliphatic carbocycles. The maximum absolute atomic E-state index is 9.87. The summed E-state index contributed by atoms with van der Waals surface area (Å²) >= 11 is 0. The van der Waals surface area contributed by atoms with E-state index >= 15 is 0 Å². The standard InChI is InChI=1S/C10H13N3O2/c1-7(11)9(13-15-12)10(14)8-5-3-2-4-6-8/h2-6,10,14H,1,11-12H2/b13-9+. The van der Waals surface area contributed by atoms with Gasteiger partial charge in [0.25, 0.3) is 0 Å². The number of aliphatic hydroxyl groups excluding tert-OH is 1. The molecule has 0 fully saturated rings. The molecule has 5 N–H and O–H groups in total. The molecule has 1 aromatic carbocycles. The van der Waals surface area contributed by atoms with E-state index in [1.165, 1.54) is 0 Å². The fraction of sp³-hybridized carbons (Fsp3) is 0.100. The van der Waals surface area contributed by atoms with E-state index < -0.39 is 6.10 Å². The lowest BCUT2D eigenvalue weighted by atomic mass is 10.0. The second-order valence-corrected chi connectivity index (χ2v) is 2.92. The van der Waals surface area contributed by atoms with Crippen molar-refractivity contribution in [2.45, 2.75) is 6.10 Å². The first-order chi connectivity index (χ1) is 7.16. The molecule has 0 bridgehead atoms. The lowest BCUT2D eigenvalue weighted by molar-refractivity contribution is 0.141. The van der Waals surface area contributed by atoms with Crippen LogP contribution in [0.1, 0.15) is 11.7 Å². The molecule has 5 heteroatoms. The van der Waals surface area contributed by atoms with Crippen LogP contribution in [0.5, 0.6) is 0 Å². The van der Waals surface area contributed by atoms with Gasteiger partial charge in [-0.15, -0.1) is 5.90 Å². The average molecular weight is 207 g/mol. The minimum absolute atomic E-state index is 0.101. The predicted molar refractivity (Wildman–Crippen MR) is 57.4 cm³/mol. The zero-order valence-electron chi connectivity index (χ0n) is 8.13. The normalized spacial score (nSPS) is 13.3. The Labute approximate surface area is 87.6 Å². The summed E-state index contributed by atoms with van der Waals surface area (Å²) in [6, 6.07) is 8.89. The minimum atomic E-state index is -0.993. The fourth-order valence-corrected chi connectivity index (χ4v) is 1.13. The van der Waals surface area contributed by atoms with E-state index in [0.29, 0.717) is 5.56 Å². The smallest absolute Gasteiger partial charge is 0.137 e. The van der Waals surface area contributed by atoms with Crippen molar-refractivity contribution in [3.63, 3.8) is 0 Å². The first-order valence-corrected chi connectivity index (χ1v) is 4.28. The molecule has 80 valence electrons. The molecule has 5 nitrogen and oxygen atoms in total.